The Bertz CT molecular complexity index is 1240. The van der Waals surface area contributed by atoms with E-state index >= 15 is 0 Å². The molecule has 1 N–H and O–H groups in total. The topological polar surface area (TPSA) is 84.4 Å². The zero-order valence-corrected chi connectivity index (χ0v) is 25.9. The summed E-state index contributed by atoms with van der Waals surface area (Å²) in [5.41, 5.74) is 1.86. The number of rotatable bonds is 8. The molecule has 0 aromatic heterocycles. The van der Waals surface area contributed by atoms with Crippen LogP contribution in [0, 0.1) is 17.8 Å². The predicted octanol–water partition coefficient (Wildman–Crippen LogP) is 3.56. The first-order valence-corrected chi connectivity index (χ1v) is 15.7. The van der Waals surface area contributed by atoms with Crippen molar-refractivity contribution in [1.29, 1.82) is 0 Å². The van der Waals surface area contributed by atoms with Crippen LogP contribution in [0.15, 0.2) is 48.6 Å². The number of carbonyl (C=O) groups excluding carboxylic acids is 3. The molecule has 41 heavy (non-hydrogen) atoms. The van der Waals surface area contributed by atoms with Crippen LogP contribution in [0.2, 0.25) is 0 Å². The van der Waals surface area contributed by atoms with Gasteiger partial charge in [-0.2, -0.15) is 0 Å². The van der Waals surface area contributed by atoms with E-state index in [4.69, 9.17) is 0 Å². The number of hydrogen-bond acceptors (Lipinski definition) is 6. The molecule has 0 aliphatic carbocycles. The van der Waals surface area contributed by atoms with Crippen LogP contribution in [0.1, 0.15) is 41.0 Å². The van der Waals surface area contributed by atoms with E-state index in [-0.39, 0.29) is 30.2 Å². The lowest BCUT2D eigenvalue weighted by molar-refractivity contribution is -0.145. The van der Waals surface area contributed by atoms with Gasteiger partial charge in [0, 0.05) is 49.3 Å². The molecule has 2 fully saturated rings. The molecule has 222 valence electrons. The number of thioether (sulfide) groups is 1. The highest BCUT2D eigenvalue weighted by Gasteiger charge is 2.74. The summed E-state index contributed by atoms with van der Waals surface area (Å²) >= 11 is 1.58. The summed E-state index contributed by atoms with van der Waals surface area (Å²) in [7, 11) is 1.77. The third-order valence-corrected chi connectivity index (χ3v) is 11.1. The Balaban J connectivity index is 1.62. The van der Waals surface area contributed by atoms with Crippen molar-refractivity contribution in [1.82, 2.24) is 9.80 Å². The van der Waals surface area contributed by atoms with Gasteiger partial charge in [-0.25, -0.2) is 0 Å². The molecular formula is C32H44N4O4S. The Morgan fingerprint density at radius 3 is 2.24 bits per heavy atom. The van der Waals surface area contributed by atoms with Gasteiger partial charge in [-0.1, -0.05) is 38.2 Å². The molecular weight excluding hydrogens is 536 g/mol. The van der Waals surface area contributed by atoms with Gasteiger partial charge in [0.2, 0.25) is 11.8 Å². The Labute approximate surface area is 248 Å². The minimum absolute atomic E-state index is 0.0702. The molecule has 1 unspecified atom stereocenters. The lowest BCUT2D eigenvalue weighted by atomic mass is 9.74. The number of likely N-dealkylation sites (tertiary alicyclic amines) is 1. The summed E-state index contributed by atoms with van der Waals surface area (Å²) in [5, 5.41) is 10.6. The lowest BCUT2D eigenvalue weighted by Gasteiger charge is -2.40. The van der Waals surface area contributed by atoms with Gasteiger partial charge in [-0.3, -0.25) is 14.4 Å². The molecule has 0 saturated carbocycles. The molecule has 0 bridgehead atoms. The fraction of sp³-hybridized carbons (Fsp3) is 0.594. The zero-order valence-electron chi connectivity index (χ0n) is 25.1. The highest BCUT2D eigenvalue weighted by molar-refractivity contribution is 8.02. The Kier molecular flexibility index (Phi) is 8.07. The summed E-state index contributed by atoms with van der Waals surface area (Å²) in [6.07, 6.45) is 8.67. The highest BCUT2D eigenvalue weighted by atomic mass is 32.2. The van der Waals surface area contributed by atoms with Crippen LogP contribution in [-0.2, 0) is 14.4 Å². The van der Waals surface area contributed by atoms with Crippen molar-refractivity contribution in [2.24, 2.45) is 17.8 Å². The van der Waals surface area contributed by atoms with E-state index in [1.165, 1.54) is 0 Å². The largest absolute Gasteiger partial charge is 0.394 e. The molecule has 3 amide bonds. The van der Waals surface area contributed by atoms with E-state index < -0.39 is 33.4 Å². The van der Waals surface area contributed by atoms with Crippen LogP contribution in [0.4, 0.5) is 11.4 Å². The van der Waals surface area contributed by atoms with Crippen molar-refractivity contribution in [3.63, 3.8) is 0 Å². The first-order chi connectivity index (χ1) is 19.5. The van der Waals surface area contributed by atoms with Crippen molar-refractivity contribution >= 4 is 40.9 Å². The highest BCUT2D eigenvalue weighted by Crippen LogP contribution is 2.66. The third kappa shape index (κ3) is 4.69. The summed E-state index contributed by atoms with van der Waals surface area (Å²) in [4.78, 5) is 50.5. The number of carbonyl (C=O) groups is 3. The van der Waals surface area contributed by atoms with E-state index in [2.05, 4.69) is 38.7 Å². The van der Waals surface area contributed by atoms with E-state index in [9.17, 15) is 19.5 Å². The van der Waals surface area contributed by atoms with Crippen molar-refractivity contribution in [2.75, 3.05) is 49.6 Å². The monoisotopic (exact) mass is 580 g/mol. The van der Waals surface area contributed by atoms with Gasteiger partial charge in [0.1, 0.15) is 6.04 Å². The Morgan fingerprint density at radius 1 is 0.976 bits per heavy atom. The number of likely N-dealkylation sites (N-methyl/N-ethyl adjacent to an activating group) is 1. The first-order valence-electron chi connectivity index (χ1n) is 14.9. The first kappa shape index (κ1) is 29.7. The normalized spacial score (nSPS) is 31.8. The molecule has 1 spiro atoms. The fourth-order valence-corrected chi connectivity index (χ4v) is 9.60. The quantitative estimate of drug-likeness (QED) is 0.474. The van der Waals surface area contributed by atoms with Crippen molar-refractivity contribution in [3.05, 3.63) is 48.6 Å². The Hall–Kier alpha value is -2.78. The molecule has 8 nitrogen and oxygen atoms in total. The SMILES string of the molecule is CCN(CC)c1ccc(N2CC=C[C@]34S[C@@]5(C)C=CCN(C)C(=O)[C@H]5[C@H]3C(=O)N([C@@H](CO)CC(C)C)C4C2=O)cc1. The number of nitrogens with zero attached hydrogens (tertiary/aromatic N) is 4. The second-order valence-electron chi connectivity index (χ2n) is 12.4. The number of aliphatic hydroxyl groups is 1. The number of aliphatic hydroxyl groups excluding tert-OH is 1. The van der Waals surface area contributed by atoms with Gasteiger partial charge in [-0.05, 0) is 57.4 Å². The van der Waals surface area contributed by atoms with Gasteiger partial charge in [0.15, 0.2) is 0 Å². The standard InChI is InChI=1S/C32H44N4O4S/c1-7-34(8-2)22-11-13-23(14-12-22)35-18-10-16-32-26(25-28(38)33(6)17-9-15-31(25,5)41-32)29(39)36(27(32)30(35)40)24(20-37)19-21(3)4/h9-16,21,24-27,37H,7-8,17-20H2,1-6H3/t24-,25-,26+,27?,31+,32+/m1/s1. The van der Waals surface area contributed by atoms with E-state index in [1.807, 2.05) is 49.4 Å². The second-order valence-corrected chi connectivity index (χ2v) is 14.2. The smallest absolute Gasteiger partial charge is 0.251 e. The fourth-order valence-electron chi connectivity index (χ4n) is 7.46. The van der Waals surface area contributed by atoms with Crippen LogP contribution in [0.25, 0.3) is 0 Å². The van der Waals surface area contributed by atoms with Crippen LogP contribution in [0.5, 0.6) is 0 Å². The van der Waals surface area contributed by atoms with Gasteiger partial charge in [0.25, 0.3) is 5.91 Å². The minimum atomic E-state index is -0.925. The maximum Gasteiger partial charge on any atom is 0.251 e. The molecule has 1 aromatic rings. The minimum Gasteiger partial charge on any atom is -0.394 e. The van der Waals surface area contributed by atoms with Crippen molar-refractivity contribution in [3.8, 4) is 0 Å². The van der Waals surface area contributed by atoms with Crippen molar-refractivity contribution in [2.45, 2.75) is 62.6 Å². The average molecular weight is 581 g/mol. The van der Waals surface area contributed by atoms with Gasteiger partial charge in [-0.15, -0.1) is 11.8 Å². The number of anilines is 2. The summed E-state index contributed by atoms with van der Waals surface area (Å²) in [6, 6.07) is 6.68. The molecule has 0 radical (unpaired) electrons. The molecule has 9 heteroatoms. The Morgan fingerprint density at radius 2 is 1.63 bits per heavy atom. The second kappa shape index (κ2) is 11.1. The number of hydrogen-bond donors (Lipinski definition) is 1. The maximum absolute atomic E-state index is 14.8. The molecule has 4 aliphatic rings. The molecule has 4 heterocycles. The summed E-state index contributed by atoms with van der Waals surface area (Å²) < 4.78 is -1.56. The van der Waals surface area contributed by atoms with Gasteiger partial charge in [0.05, 0.1) is 29.2 Å². The van der Waals surface area contributed by atoms with Crippen molar-refractivity contribution < 1.29 is 19.5 Å². The predicted molar refractivity (Wildman–Crippen MR) is 165 cm³/mol. The van der Waals surface area contributed by atoms with Crippen LogP contribution >= 0.6 is 11.8 Å². The average Bonchev–Trinajstić information content (AvgIpc) is 3.23. The van der Waals surface area contributed by atoms with Crippen LogP contribution in [-0.4, -0.2) is 94.0 Å². The van der Waals surface area contributed by atoms with Crippen LogP contribution in [0.3, 0.4) is 0 Å². The molecule has 4 aliphatic heterocycles. The third-order valence-electron chi connectivity index (χ3n) is 9.33. The summed E-state index contributed by atoms with van der Waals surface area (Å²) in [6.45, 7) is 12.8. The van der Waals surface area contributed by atoms with Gasteiger partial charge >= 0.3 is 0 Å². The zero-order chi connectivity index (χ0) is 29.7. The molecule has 5 rings (SSSR count). The lowest BCUT2D eigenvalue weighted by Crippen LogP contribution is -2.57. The number of benzene rings is 1. The van der Waals surface area contributed by atoms with E-state index in [1.54, 1.807) is 33.5 Å². The number of amides is 3. The molecule has 1 aromatic carbocycles. The number of fused-ring (bicyclic) bond motifs is 2. The van der Waals surface area contributed by atoms with Crippen LogP contribution < -0.4 is 9.80 Å². The van der Waals surface area contributed by atoms with Gasteiger partial charge < -0.3 is 24.7 Å². The maximum atomic E-state index is 14.8. The summed E-state index contributed by atoms with van der Waals surface area (Å²) in [5.74, 6) is -1.54. The van der Waals surface area contributed by atoms with E-state index in [0.29, 0.717) is 19.5 Å². The molecule has 2 saturated heterocycles. The van der Waals surface area contributed by atoms with E-state index in [0.717, 1.165) is 24.5 Å². The molecule has 6 atom stereocenters.